The average Bonchev–Trinajstić information content (AvgIpc) is 2.48. The molecule has 1 N–H and O–H groups in total. The highest BCUT2D eigenvalue weighted by Gasteiger charge is 2.02. The fraction of sp³-hybridized carbons (Fsp3) is 0. The minimum Gasteiger partial charge on any atom is -0.346 e. The zero-order valence-corrected chi connectivity index (χ0v) is 12.4. The van der Waals surface area contributed by atoms with Crippen molar-refractivity contribution in [3.05, 3.63) is 81.0 Å². The van der Waals surface area contributed by atoms with Crippen molar-refractivity contribution in [3.63, 3.8) is 0 Å². The molecule has 0 radical (unpaired) electrons. The molecule has 0 aromatic heterocycles. The molecule has 0 aliphatic carbocycles. The molecule has 106 valence electrons. The van der Waals surface area contributed by atoms with Crippen molar-refractivity contribution in [3.8, 4) is 0 Å². The molecule has 2 aromatic carbocycles. The molecule has 4 nitrogen and oxygen atoms in total. The van der Waals surface area contributed by atoms with E-state index in [0.717, 1.165) is 23.0 Å². The molecule has 0 saturated heterocycles. The third-order valence-electron chi connectivity index (χ3n) is 2.66. The standard InChI is InChI=1S/C15H11ClN2O2S/c16-13-5-7-14(8-6-13)17-15(21)12-3-1-11(2-4-12)9-10-18(19)20/h1-10H,(H,17,21). The molecule has 0 atom stereocenters. The quantitative estimate of drug-likeness (QED) is 0.516. The van der Waals surface area contributed by atoms with Crippen LogP contribution < -0.4 is 5.32 Å². The van der Waals surface area contributed by atoms with Crippen LogP contribution in [0.1, 0.15) is 11.1 Å². The van der Waals surface area contributed by atoms with Gasteiger partial charge in [-0.05, 0) is 29.8 Å². The van der Waals surface area contributed by atoms with Gasteiger partial charge in [0.1, 0.15) is 4.99 Å². The van der Waals surface area contributed by atoms with Gasteiger partial charge in [-0.2, -0.15) is 0 Å². The normalized spacial score (nSPS) is 10.5. The van der Waals surface area contributed by atoms with Gasteiger partial charge < -0.3 is 5.32 Å². The lowest BCUT2D eigenvalue weighted by Crippen LogP contribution is -2.10. The van der Waals surface area contributed by atoms with Crippen molar-refractivity contribution in [2.24, 2.45) is 0 Å². The topological polar surface area (TPSA) is 55.2 Å². The Morgan fingerprint density at radius 3 is 2.33 bits per heavy atom. The highest BCUT2D eigenvalue weighted by molar-refractivity contribution is 7.81. The molecule has 21 heavy (non-hydrogen) atoms. The van der Waals surface area contributed by atoms with Gasteiger partial charge in [-0.15, -0.1) is 0 Å². The predicted octanol–water partition coefficient (Wildman–Crippen LogP) is 4.38. The van der Waals surface area contributed by atoms with Crippen LogP contribution >= 0.6 is 23.8 Å². The van der Waals surface area contributed by atoms with Crippen LogP contribution in [0.25, 0.3) is 6.08 Å². The van der Waals surface area contributed by atoms with Crippen LogP contribution in [-0.2, 0) is 0 Å². The predicted molar refractivity (Wildman–Crippen MR) is 89.2 cm³/mol. The Labute approximate surface area is 132 Å². The highest BCUT2D eigenvalue weighted by Crippen LogP contribution is 2.15. The molecule has 0 bridgehead atoms. The largest absolute Gasteiger partial charge is 0.346 e. The number of hydrogen-bond acceptors (Lipinski definition) is 3. The summed E-state index contributed by atoms with van der Waals surface area (Å²) in [6.07, 6.45) is 2.33. The highest BCUT2D eigenvalue weighted by atomic mass is 35.5. The molecular weight excluding hydrogens is 308 g/mol. The van der Waals surface area contributed by atoms with Gasteiger partial charge in [-0.3, -0.25) is 10.1 Å². The molecule has 0 amide bonds. The van der Waals surface area contributed by atoms with Gasteiger partial charge >= 0.3 is 0 Å². The van der Waals surface area contributed by atoms with Crippen LogP contribution in [0.2, 0.25) is 5.02 Å². The molecule has 6 heteroatoms. The molecule has 0 spiro atoms. The van der Waals surface area contributed by atoms with Crippen molar-refractivity contribution in [2.75, 3.05) is 5.32 Å². The third-order valence-corrected chi connectivity index (χ3v) is 3.25. The van der Waals surface area contributed by atoms with E-state index >= 15 is 0 Å². The minimum absolute atomic E-state index is 0.499. The molecule has 0 heterocycles. The van der Waals surface area contributed by atoms with E-state index in [9.17, 15) is 10.1 Å². The molecule has 2 aromatic rings. The van der Waals surface area contributed by atoms with Crippen molar-refractivity contribution in [2.45, 2.75) is 0 Å². The Bertz CT molecular complexity index is 682. The second kappa shape index (κ2) is 6.97. The third kappa shape index (κ3) is 4.66. The summed E-state index contributed by atoms with van der Waals surface area (Å²) in [6, 6.07) is 14.4. The van der Waals surface area contributed by atoms with Crippen LogP contribution in [-0.4, -0.2) is 9.91 Å². The number of halogens is 1. The van der Waals surface area contributed by atoms with Crippen LogP contribution in [0.4, 0.5) is 5.69 Å². The molecule has 0 saturated carbocycles. The second-order valence-corrected chi connectivity index (χ2v) is 5.03. The number of rotatable bonds is 4. The first-order chi connectivity index (χ1) is 10.0. The summed E-state index contributed by atoms with van der Waals surface area (Å²) in [4.78, 5) is 10.3. The van der Waals surface area contributed by atoms with E-state index in [-0.39, 0.29) is 0 Å². The summed E-state index contributed by atoms with van der Waals surface area (Å²) in [6.45, 7) is 0. The van der Waals surface area contributed by atoms with Gasteiger partial charge in [-0.25, -0.2) is 0 Å². The Morgan fingerprint density at radius 2 is 1.76 bits per heavy atom. The van der Waals surface area contributed by atoms with E-state index in [1.165, 1.54) is 6.08 Å². The number of thiocarbonyl (C=S) groups is 1. The van der Waals surface area contributed by atoms with Gasteiger partial charge in [0, 0.05) is 22.3 Å². The summed E-state index contributed by atoms with van der Waals surface area (Å²) in [5.41, 5.74) is 2.42. The van der Waals surface area contributed by atoms with E-state index in [2.05, 4.69) is 5.32 Å². The summed E-state index contributed by atoms with van der Waals surface area (Å²) >= 11 is 11.1. The van der Waals surface area contributed by atoms with E-state index < -0.39 is 4.92 Å². The van der Waals surface area contributed by atoms with E-state index in [1.54, 1.807) is 24.3 Å². The monoisotopic (exact) mass is 318 g/mol. The van der Waals surface area contributed by atoms with Gasteiger partial charge in [0.15, 0.2) is 0 Å². The maximum Gasteiger partial charge on any atom is 0.235 e. The van der Waals surface area contributed by atoms with Gasteiger partial charge in [0.25, 0.3) is 0 Å². The minimum atomic E-state index is -0.499. The fourth-order valence-corrected chi connectivity index (χ4v) is 2.01. The summed E-state index contributed by atoms with van der Waals surface area (Å²) in [7, 11) is 0. The first kappa shape index (κ1) is 15.2. The lowest BCUT2D eigenvalue weighted by molar-refractivity contribution is -0.400. The number of benzene rings is 2. The van der Waals surface area contributed by atoms with Crippen LogP contribution in [0.5, 0.6) is 0 Å². The average molecular weight is 319 g/mol. The summed E-state index contributed by atoms with van der Waals surface area (Å²) < 4.78 is 0. The number of nitro groups is 1. The first-order valence-corrected chi connectivity index (χ1v) is 6.82. The molecule has 2 rings (SSSR count). The van der Waals surface area contributed by atoms with Gasteiger partial charge in [0.2, 0.25) is 6.20 Å². The van der Waals surface area contributed by atoms with E-state index in [4.69, 9.17) is 23.8 Å². The van der Waals surface area contributed by atoms with E-state index in [0.29, 0.717) is 10.0 Å². The molecular formula is C15H11ClN2O2S. The summed E-state index contributed by atoms with van der Waals surface area (Å²) in [5, 5.41) is 14.0. The van der Waals surface area contributed by atoms with Crippen molar-refractivity contribution < 1.29 is 4.92 Å². The van der Waals surface area contributed by atoms with E-state index in [1.807, 2.05) is 24.3 Å². The lowest BCUT2D eigenvalue weighted by atomic mass is 10.1. The number of nitrogens with zero attached hydrogens (tertiary/aromatic N) is 1. The molecule has 0 aliphatic heterocycles. The van der Waals surface area contributed by atoms with Gasteiger partial charge in [-0.1, -0.05) is 48.1 Å². The summed E-state index contributed by atoms with van der Waals surface area (Å²) in [5.74, 6) is 0. The lowest BCUT2D eigenvalue weighted by Gasteiger charge is -2.08. The number of hydrogen-bond donors (Lipinski definition) is 1. The van der Waals surface area contributed by atoms with Crippen molar-refractivity contribution in [1.82, 2.24) is 0 Å². The van der Waals surface area contributed by atoms with Crippen LogP contribution in [0.15, 0.2) is 54.7 Å². The smallest absolute Gasteiger partial charge is 0.235 e. The molecule has 0 aliphatic rings. The maximum absolute atomic E-state index is 10.3. The fourth-order valence-electron chi connectivity index (χ4n) is 1.63. The molecule has 0 fully saturated rings. The SMILES string of the molecule is O=[N+]([O-])C=Cc1ccc(C(=S)Nc2ccc(Cl)cc2)cc1. The number of anilines is 1. The Morgan fingerprint density at radius 1 is 1.14 bits per heavy atom. The van der Waals surface area contributed by atoms with Gasteiger partial charge in [0.05, 0.1) is 4.92 Å². The zero-order chi connectivity index (χ0) is 15.2. The Balaban J connectivity index is 2.06. The maximum atomic E-state index is 10.3. The van der Waals surface area contributed by atoms with Crippen LogP contribution in [0, 0.1) is 10.1 Å². The van der Waals surface area contributed by atoms with Crippen molar-refractivity contribution in [1.29, 1.82) is 0 Å². The number of nitrogens with one attached hydrogen (secondary N) is 1. The zero-order valence-electron chi connectivity index (χ0n) is 10.8. The second-order valence-electron chi connectivity index (χ2n) is 4.18. The first-order valence-electron chi connectivity index (χ1n) is 6.03. The Kier molecular flexibility index (Phi) is 5.03. The van der Waals surface area contributed by atoms with Crippen LogP contribution in [0.3, 0.4) is 0 Å². The molecule has 0 unspecified atom stereocenters. The Hall–Kier alpha value is -2.24. The van der Waals surface area contributed by atoms with Crippen molar-refractivity contribution >= 4 is 40.6 Å².